The molecule has 3 aliphatic rings. The SMILES string of the molecule is C1=CC=CC=1n1c2cc(-c3cccc(C4C=CC=CN4)c3)ccc2c2c3oc4ccc(C5c6ccccc6-c6ccccc65)cc4c3ccc21. The molecule has 3 heteroatoms. The fourth-order valence-electron chi connectivity index (χ4n) is 8.51. The summed E-state index contributed by atoms with van der Waals surface area (Å²) in [6, 6.07) is 44.8. The molecule has 3 nitrogen and oxygen atoms in total. The number of fused-ring (bicyclic) bond motifs is 10. The first kappa shape index (κ1) is 27.4. The summed E-state index contributed by atoms with van der Waals surface area (Å²) in [7, 11) is 0. The summed E-state index contributed by atoms with van der Waals surface area (Å²) in [6.07, 6.45) is 14.5. The maximum absolute atomic E-state index is 6.82. The van der Waals surface area contributed by atoms with E-state index in [1.807, 2.05) is 18.4 Å². The van der Waals surface area contributed by atoms with E-state index in [0.717, 1.165) is 44.1 Å². The zero-order valence-corrected chi connectivity index (χ0v) is 27.1. The van der Waals surface area contributed by atoms with Crippen molar-refractivity contribution in [1.82, 2.24) is 9.88 Å². The van der Waals surface area contributed by atoms with Crippen molar-refractivity contribution in [1.29, 1.82) is 0 Å². The molecule has 0 saturated heterocycles. The number of hydrogen-bond donors (Lipinski definition) is 1. The molecule has 1 N–H and O–H groups in total. The predicted octanol–water partition coefficient (Wildman–Crippen LogP) is 11.8. The van der Waals surface area contributed by atoms with E-state index in [1.54, 1.807) is 0 Å². The highest BCUT2D eigenvalue weighted by molar-refractivity contribution is 6.24. The molecule has 1 atom stereocenters. The van der Waals surface area contributed by atoms with E-state index in [1.165, 1.54) is 49.9 Å². The van der Waals surface area contributed by atoms with Crippen LogP contribution in [0.4, 0.5) is 0 Å². The first-order valence-corrected chi connectivity index (χ1v) is 17.3. The standard InChI is InChI=1S/C47H30N2O/c1-2-13-33(12-1)49-42-23-22-38-40-27-32(45-36-16-5-3-14-34(36)35-15-4-6-17-37(35)45)20-24-44(40)50-47(38)46(42)39-21-19-30(28-43(39)49)29-10-9-11-31(26-29)41-18-7-8-25-48-41/h1-12,14-28,41,45,48H. The fourth-order valence-corrected chi connectivity index (χ4v) is 8.51. The Kier molecular flexibility index (Phi) is 5.75. The Morgan fingerprint density at radius 3 is 2.24 bits per heavy atom. The average molecular weight is 639 g/mol. The monoisotopic (exact) mass is 638 g/mol. The number of aromatic nitrogens is 1. The second kappa shape index (κ2) is 10.5. The lowest BCUT2D eigenvalue weighted by molar-refractivity contribution is 0.672. The third-order valence-corrected chi connectivity index (χ3v) is 10.7. The first-order valence-electron chi connectivity index (χ1n) is 17.3. The Bertz CT molecular complexity index is 2860. The van der Waals surface area contributed by atoms with Gasteiger partial charge in [-0.05, 0) is 105 Å². The Morgan fingerprint density at radius 1 is 0.620 bits per heavy atom. The molecule has 0 saturated carbocycles. The Balaban J connectivity index is 1.11. The first-order chi connectivity index (χ1) is 24.8. The lowest BCUT2D eigenvalue weighted by Gasteiger charge is -2.17. The molecule has 234 valence electrons. The summed E-state index contributed by atoms with van der Waals surface area (Å²) in [6.45, 7) is 0. The van der Waals surface area contributed by atoms with E-state index < -0.39 is 0 Å². The van der Waals surface area contributed by atoms with Gasteiger partial charge in [-0.1, -0.05) is 109 Å². The fraction of sp³-hybridized carbons (Fsp3) is 0.0426. The normalized spacial score (nSPS) is 16.2. The molecule has 8 aromatic rings. The smallest absolute Gasteiger partial charge is 0.145 e. The van der Waals surface area contributed by atoms with Gasteiger partial charge in [0.2, 0.25) is 0 Å². The minimum absolute atomic E-state index is 0.161. The number of allylic oxidation sites excluding steroid dienone is 5. The highest BCUT2D eigenvalue weighted by Crippen LogP contribution is 2.49. The van der Waals surface area contributed by atoms with Gasteiger partial charge in [0, 0.05) is 22.1 Å². The molecule has 50 heavy (non-hydrogen) atoms. The zero-order valence-electron chi connectivity index (χ0n) is 27.1. The van der Waals surface area contributed by atoms with E-state index in [-0.39, 0.29) is 12.0 Å². The second-order valence-electron chi connectivity index (χ2n) is 13.4. The van der Waals surface area contributed by atoms with Crippen LogP contribution >= 0.6 is 0 Å². The third kappa shape index (κ3) is 3.93. The van der Waals surface area contributed by atoms with Gasteiger partial charge in [0.05, 0.1) is 28.2 Å². The van der Waals surface area contributed by atoms with Crippen LogP contribution in [0.1, 0.15) is 34.2 Å². The average Bonchev–Trinajstić information content (AvgIpc) is 3.97. The van der Waals surface area contributed by atoms with Gasteiger partial charge in [-0.25, -0.2) is 0 Å². The van der Waals surface area contributed by atoms with Crippen molar-refractivity contribution in [2.45, 2.75) is 12.0 Å². The molecule has 0 fully saturated rings. The van der Waals surface area contributed by atoms with Gasteiger partial charge < -0.3 is 14.3 Å². The molecule has 0 spiro atoms. The molecular weight excluding hydrogens is 609 g/mol. The summed E-state index contributed by atoms with van der Waals surface area (Å²) in [5, 5.41) is 8.04. The number of rotatable bonds is 4. The van der Waals surface area contributed by atoms with Crippen LogP contribution in [0.5, 0.6) is 0 Å². The predicted molar refractivity (Wildman–Crippen MR) is 206 cm³/mol. The summed E-state index contributed by atoms with van der Waals surface area (Å²) in [5.41, 5.74) is 18.8. The second-order valence-corrected chi connectivity index (χ2v) is 13.4. The summed E-state index contributed by atoms with van der Waals surface area (Å²) in [4.78, 5) is 0. The molecular formula is C47H30N2O. The van der Waals surface area contributed by atoms with Crippen LogP contribution in [0.15, 0.2) is 174 Å². The third-order valence-electron chi connectivity index (χ3n) is 10.7. The Hall–Kier alpha value is -6.54. The molecule has 0 bridgehead atoms. The minimum atomic E-state index is 0.161. The van der Waals surface area contributed by atoms with E-state index in [9.17, 15) is 0 Å². The van der Waals surface area contributed by atoms with Crippen molar-refractivity contribution >= 4 is 49.4 Å². The van der Waals surface area contributed by atoms with Crippen LogP contribution in [-0.2, 0) is 0 Å². The maximum Gasteiger partial charge on any atom is 0.145 e. The molecule has 11 rings (SSSR count). The van der Waals surface area contributed by atoms with Gasteiger partial charge in [0.15, 0.2) is 0 Å². The van der Waals surface area contributed by atoms with Crippen LogP contribution in [0.2, 0.25) is 0 Å². The molecule has 2 aliphatic carbocycles. The highest BCUT2D eigenvalue weighted by atomic mass is 16.3. The van der Waals surface area contributed by atoms with E-state index in [2.05, 4.69) is 161 Å². The van der Waals surface area contributed by atoms with Crippen LogP contribution < -0.4 is 5.32 Å². The molecule has 0 amide bonds. The molecule has 1 aliphatic heterocycles. The summed E-state index contributed by atoms with van der Waals surface area (Å²) >= 11 is 0. The van der Waals surface area contributed by atoms with E-state index >= 15 is 0 Å². The topological polar surface area (TPSA) is 30.1 Å². The van der Waals surface area contributed by atoms with Crippen molar-refractivity contribution in [3.05, 3.63) is 192 Å². The van der Waals surface area contributed by atoms with Crippen molar-refractivity contribution in [3.63, 3.8) is 0 Å². The van der Waals surface area contributed by atoms with Gasteiger partial charge in [0.1, 0.15) is 11.2 Å². The quantitative estimate of drug-likeness (QED) is 0.194. The summed E-state index contributed by atoms with van der Waals surface area (Å²) < 4.78 is 9.15. The van der Waals surface area contributed by atoms with E-state index in [4.69, 9.17) is 4.42 Å². The maximum atomic E-state index is 6.82. The van der Waals surface area contributed by atoms with Gasteiger partial charge in [-0.3, -0.25) is 0 Å². The van der Waals surface area contributed by atoms with Gasteiger partial charge in [-0.15, -0.1) is 0 Å². The number of nitrogens with one attached hydrogen (secondary N) is 1. The number of furan rings is 1. The minimum Gasteiger partial charge on any atom is -0.455 e. The van der Waals surface area contributed by atoms with Crippen molar-refractivity contribution in [2.24, 2.45) is 0 Å². The van der Waals surface area contributed by atoms with Crippen LogP contribution in [0.25, 0.3) is 71.7 Å². The lowest BCUT2D eigenvalue weighted by Crippen LogP contribution is -2.14. The number of nitrogens with zero attached hydrogens (tertiary/aromatic N) is 1. The molecule has 6 aromatic carbocycles. The van der Waals surface area contributed by atoms with Crippen LogP contribution in [0.3, 0.4) is 0 Å². The van der Waals surface area contributed by atoms with Gasteiger partial charge >= 0.3 is 0 Å². The number of hydrogen-bond acceptors (Lipinski definition) is 2. The molecule has 1 unspecified atom stereocenters. The van der Waals surface area contributed by atoms with Crippen molar-refractivity contribution < 1.29 is 4.42 Å². The van der Waals surface area contributed by atoms with Crippen molar-refractivity contribution in [2.75, 3.05) is 0 Å². The molecule has 2 aromatic heterocycles. The summed E-state index contributed by atoms with van der Waals surface area (Å²) in [5.74, 6) is 0.188. The van der Waals surface area contributed by atoms with E-state index in [0.29, 0.717) is 0 Å². The molecule has 0 radical (unpaired) electrons. The molecule has 3 heterocycles. The van der Waals surface area contributed by atoms with Gasteiger partial charge in [-0.2, -0.15) is 0 Å². The lowest BCUT2D eigenvalue weighted by atomic mass is 9.88. The number of dihydropyridines is 1. The van der Waals surface area contributed by atoms with Crippen molar-refractivity contribution in [3.8, 4) is 22.3 Å². The Labute approximate surface area is 289 Å². The largest absolute Gasteiger partial charge is 0.455 e. The Morgan fingerprint density at radius 2 is 1.44 bits per heavy atom. The van der Waals surface area contributed by atoms with Crippen LogP contribution in [0, 0.1) is 0 Å². The zero-order chi connectivity index (χ0) is 32.8. The highest BCUT2D eigenvalue weighted by Gasteiger charge is 2.30. The van der Waals surface area contributed by atoms with Crippen LogP contribution in [-0.4, -0.2) is 4.57 Å². The number of benzene rings is 6. The van der Waals surface area contributed by atoms with Gasteiger partial charge in [0.25, 0.3) is 0 Å².